The third-order valence-corrected chi connectivity index (χ3v) is 1.42. The molecule has 10 heavy (non-hydrogen) atoms. The number of hydrogen-bond acceptors (Lipinski definition) is 6. The summed E-state index contributed by atoms with van der Waals surface area (Å²) in [6, 6.07) is 0. The Bertz CT molecular complexity index is 257. The van der Waals surface area contributed by atoms with Gasteiger partial charge in [0.15, 0.2) is 5.69 Å². The average molecular weight is 154 g/mol. The van der Waals surface area contributed by atoms with Gasteiger partial charge in [-0.3, -0.25) is 0 Å². The Kier molecular flexibility index (Phi) is 1.17. The fraction of sp³-hybridized carbons (Fsp3) is 0. The normalized spacial score (nSPS) is 10.0. The predicted molar refractivity (Wildman–Crippen MR) is 33.2 cm³/mol. The van der Waals surface area contributed by atoms with Crippen LogP contribution in [0.5, 0.6) is 0 Å². The van der Waals surface area contributed by atoms with Crippen LogP contribution in [0.2, 0.25) is 0 Å². The third-order valence-electron chi connectivity index (χ3n) is 0.940. The van der Waals surface area contributed by atoms with Gasteiger partial charge in [0.25, 0.3) is 5.89 Å². The Morgan fingerprint density at radius 1 is 1.50 bits per heavy atom. The van der Waals surface area contributed by atoms with E-state index in [1.165, 1.54) is 6.39 Å². The molecule has 0 saturated heterocycles. The van der Waals surface area contributed by atoms with E-state index in [4.69, 9.17) is 4.42 Å². The molecule has 0 aromatic carbocycles. The fourth-order valence-electron chi connectivity index (χ4n) is 0.544. The van der Waals surface area contributed by atoms with Crippen LogP contribution in [0.25, 0.3) is 11.6 Å². The number of aromatic nitrogens is 4. The molecule has 0 radical (unpaired) electrons. The molecule has 0 unspecified atom stereocenters. The van der Waals surface area contributed by atoms with Crippen LogP contribution in [0.15, 0.2) is 17.0 Å². The molecule has 2 heterocycles. The highest BCUT2D eigenvalue weighted by Crippen LogP contribution is 2.11. The average Bonchev–Trinajstić information content (AvgIpc) is 2.59. The van der Waals surface area contributed by atoms with Crippen molar-refractivity contribution in [2.24, 2.45) is 0 Å². The van der Waals surface area contributed by atoms with Crippen LogP contribution in [-0.4, -0.2) is 18.9 Å². The van der Waals surface area contributed by atoms with E-state index >= 15 is 0 Å². The van der Waals surface area contributed by atoms with E-state index in [0.717, 1.165) is 11.7 Å². The van der Waals surface area contributed by atoms with E-state index in [9.17, 15) is 0 Å². The molecule has 0 saturated carbocycles. The summed E-state index contributed by atoms with van der Waals surface area (Å²) in [5, 5.41) is 7.14. The van der Waals surface area contributed by atoms with E-state index in [0.29, 0.717) is 11.6 Å². The first-order chi connectivity index (χ1) is 4.97. The maximum atomic E-state index is 4.86. The van der Waals surface area contributed by atoms with Crippen molar-refractivity contribution in [2.45, 2.75) is 0 Å². The molecule has 0 aliphatic rings. The van der Waals surface area contributed by atoms with E-state index in [-0.39, 0.29) is 0 Å². The van der Waals surface area contributed by atoms with Crippen molar-refractivity contribution in [3.05, 3.63) is 12.6 Å². The van der Waals surface area contributed by atoms with Crippen molar-refractivity contribution < 1.29 is 4.42 Å². The Labute approximate surface area is 60.1 Å². The zero-order chi connectivity index (χ0) is 6.81. The van der Waals surface area contributed by atoms with Gasteiger partial charge in [0.1, 0.15) is 0 Å². The molecular weight excluding hydrogens is 152 g/mol. The van der Waals surface area contributed by atoms with Crippen molar-refractivity contribution in [3.8, 4) is 11.6 Å². The smallest absolute Gasteiger partial charge is 0.268 e. The van der Waals surface area contributed by atoms with Gasteiger partial charge in [0, 0.05) is 0 Å². The van der Waals surface area contributed by atoms with Crippen LogP contribution in [0, 0.1) is 0 Å². The highest BCUT2D eigenvalue weighted by Gasteiger charge is 2.04. The summed E-state index contributed by atoms with van der Waals surface area (Å²) in [6.45, 7) is 0. The molecule has 2 rings (SSSR count). The minimum Gasteiger partial charge on any atom is -0.422 e. The van der Waals surface area contributed by atoms with Crippen molar-refractivity contribution >= 4 is 11.7 Å². The first-order valence-electron chi connectivity index (χ1n) is 2.51. The minimum atomic E-state index is 0.411. The van der Waals surface area contributed by atoms with Crippen LogP contribution in [0.4, 0.5) is 0 Å². The first kappa shape index (κ1) is 5.48. The largest absolute Gasteiger partial charge is 0.422 e. The van der Waals surface area contributed by atoms with Crippen LogP contribution >= 0.6 is 11.7 Å². The lowest BCUT2D eigenvalue weighted by molar-refractivity contribution is 0.567. The van der Waals surface area contributed by atoms with Crippen molar-refractivity contribution in [1.29, 1.82) is 0 Å². The van der Waals surface area contributed by atoms with Gasteiger partial charge in [-0.15, -0.1) is 10.2 Å². The second-order valence-electron chi connectivity index (χ2n) is 1.54. The molecule has 50 valence electrons. The molecular formula is C4H2N4OS. The first-order valence-corrected chi connectivity index (χ1v) is 3.24. The Morgan fingerprint density at radius 3 is 3.10 bits per heavy atom. The van der Waals surface area contributed by atoms with Gasteiger partial charge < -0.3 is 4.42 Å². The van der Waals surface area contributed by atoms with E-state index in [1.54, 1.807) is 6.20 Å². The number of rotatable bonds is 1. The molecule has 6 heteroatoms. The van der Waals surface area contributed by atoms with Gasteiger partial charge in [-0.25, -0.2) is 0 Å². The summed E-state index contributed by atoms with van der Waals surface area (Å²) < 4.78 is 12.5. The molecule has 0 N–H and O–H groups in total. The van der Waals surface area contributed by atoms with Crippen LogP contribution in [0.1, 0.15) is 0 Å². The van der Waals surface area contributed by atoms with Gasteiger partial charge in [0.2, 0.25) is 6.39 Å². The highest BCUT2D eigenvalue weighted by atomic mass is 32.1. The molecule has 0 amide bonds. The molecule has 5 nitrogen and oxygen atoms in total. The van der Waals surface area contributed by atoms with Gasteiger partial charge >= 0.3 is 0 Å². The van der Waals surface area contributed by atoms with Gasteiger partial charge in [0.05, 0.1) is 17.9 Å². The van der Waals surface area contributed by atoms with Crippen LogP contribution in [0.3, 0.4) is 0 Å². The summed E-state index contributed by atoms with van der Waals surface area (Å²) in [5.41, 5.74) is 0.627. The summed E-state index contributed by atoms with van der Waals surface area (Å²) in [5.74, 6) is 0.411. The Balaban J connectivity index is 2.48. The zero-order valence-corrected chi connectivity index (χ0v) is 5.58. The van der Waals surface area contributed by atoms with E-state index < -0.39 is 0 Å². The highest BCUT2D eigenvalue weighted by molar-refractivity contribution is 6.99. The van der Waals surface area contributed by atoms with Crippen molar-refractivity contribution in [3.63, 3.8) is 0 Å². The molecule has 2 aromatic rings. The van der Waals surface area contributed by atoms with Crippen LogP contribution in [-0.2, 0) is 0 Å². The topological polar surface area (TPSA) is 64.7 Å². The maximum absolute atomic E-state index is 4.86. The number of nitrogens with zero attached hydrogens (tertiary/aromatic N) is 4. The molecule has 2 aromatic heterocycles. The fourth-order valence-corrected chi connectivity index (χ4v) is 0.951. The van der Waals surface area contributed by atoms with Crippen molar-refractivity contribution in [2.75, 3.05) is 0 Å². The van der Waals surface area contributed by atoms with Crippen molar-refractivity contribution in [1.82, 2.24) is 18.9 Å². The van der Waals surface area contributed by atoms with Crippen LogP contribution < -0.4 is 0 Å². The maximum Gasteiger partial charge on any atom is 0.268 e. The summed E-state index contributed by atoms with van der Waals surface area (Å²) in [7, 11) is 0. The quantitative estimate of drug-likeness (QED) is 0.601. The zero-order valence-electron chi connectivity index (χ0n) is 4.76. The Hall–Kier alpha value is -1.30. The number of hydrogen-bond donors (Lipinski definition) is 0. The van der Waals surface area contributed by atoms with Gasteiger partial charge in [-0.1, -0.05) is 0 Å². The summed E-state index contributed by atoms with van der Waals surface area (Å²) >= 11 is 1.11. The van der Waals surface area contributed by atoms with Gasteiger partial charge in [-0.2, -0.15) is 8.75 Å². The van der Waals surface area contributed by atoms with Gasteiger partial charge in [-0.05, 0) is 0 Å². The molecule has 0 atom stereocenters. The molecule has 0 bridgehead atoms. The SMILES string of the molecule is c1nnc(-c2cnsn2)o1. The minimum absolute atomic E-state index is 0.411. The van der Waals surface area contributed by atoms with E-state index in [2.05, 4.69) is 18.9 Å². The lowest BCUT2D eigenvalue weighted by atomic mass is 10.5. The molecule has 0 fully saturated rings. The lowest BCUT2D eigenvalue weighted by Gasteiger charge is -1.78. The monoisotopic (exact) mass is 154 g/mol. The summed E-state index contributed by atoms with van der Waals surface area (Å²) in [4.78, 5) is 0. The standard InChI is InChI=1S/C4H2N4OS/c1-3(8-10-6-1)4-7-5-2-9-4/h1-2H. The second kappa shape index (κ2) is 2.14. The summed E-state index contributed by atoms with van der Waals surface area (Å²) in [6.07, 6.45) is 2.84. The van der Waals surface area contributed by atoms with E-state index in [1.807, 2.05) is 0 Å². The predicted octanol–water partition coefficient (Wildman–Crippen LogP) is 0.588. The lowest BCUT2D eigenvalue weighted by Crippen LogP contribution is -1.74. The molecule has 0 spiro atoms. The molecule has 0 aliphatic carbocycles. The Morgan fingerprint density at radius 2 is 2.50 bits per heavy atom. The molecule has 0 aliphatic heterocycles. The third kappa shape index (κ3) is 0.781. The second-order valence-corrected chi connectivity index (χ2v) is 2.09.